The molecule has 0 saturated heterocycles. The molecule has 0 aliphatic rings. The van der Waals surface area contributed by atoms with Crippen LogP contribution in [-0.4, -0.2) is 15.4 Å². The van der Waals surface area contributed by atoms with Gasteiger partial charge in [-0.15, -0.1) is 6.42 Å². The second-order valence-corrected chi connectivity index (χ2v) is 7.09. The van der Waals surface area contributed by atoms with Crippen LogP contribution >= 0.6 is 0 Å². The van der Waals surface area contributed by atoms with Crippen LogP contribution in [0.15, 0.2) is 97.2 Å². The quantitative estimate of drug-likeness (QED) is 0.128. The fourth-order valence-corrected chi connectivity index (χ4v) is 3.88. The Kier molecular flexibility index (Phi) is 6.35. The Bertz CT molecular complexity index is 1060. The number of hydrazine groups is 1. The van der Waals surface area contributed by atoms with Gasteiger partial charge in [0, 0.05) is 0 Å². The molecular weight excluding hydrogens is 386 g/mol. The van der Waals surface area contributed by atoms with Gasteiger partial charge in [-0.3, -0.25) is 11.6 Å². The topological polar surface area (TPSA) is 124 Å². The lowest BCUT2D eigenvalue weighted by Crippen LogP contribution is -2.53. The summed E-state index contributed by atoms with van der Waals surface area (Å²) in [7, 11) is 0. The smallest absolute Gasteiger partial charge is 0.185 e. The molecule has 0 aliphatic carbocycles. The minimum absolute atomic E-state index is 0. The van der Waals surface area contributed by atoms with Crippen LogP contribution in [0, 0.1) is 12.3 Å². The van der Waals surface area contributed by atoms with E-state index in [1.165, 1.54) is 0 Å². The minimum atomic E-state index is -1.36. The highest BCUT2D eigenvalue weighted by atomic mass is 16.0. The summed E-state index contributed by atoms with van der Waals surface area (Å²) < 4.78 is 0. The molecule has 0 fully saturated rings. The molecule has 8 N–H and O–H groups in total. The van der Waals surface area contributed by atoms with Crippen LogP contribution in [0.3, 0.4) is 0 Å². The molecule has 1 aromatic heterocycles. The third-order valence-electron chi connectivity index (χ3n) is 5.43. The first-order valence-electron chi connectivity index (χ1n) is 9.62. The molecule has 0 aliphatic heterocycles. The van der Waals surface area contributed by atoms with Crippen LogP contribution in [0.1, 0.15) is 28.2 Å². The van der Waals surface area contributed by atoms with Gasteiger partial charge >= 0.3 is 0 Å². The van der Waals surface area contributed by atoms with Gasteiger partial charge in [-0.25, -0.2) is 10.4 Å². The Balaban J connectivity index is 0.00000272. The lowest BCUT2D eigenvalue weighted by atomic mass is 9.69. The first kappa shape index (κ1) is 22.0. The Morgan fingerprint density at radius 3 is 1.58 bits per heavy atom. The number of imidazole rings is 1. The van der Waals surface area contributed by atoms with Crippen LogP contribution < -0.4 is 17.0 Å². The maximum absolute atomic E-state index is 6.25. The van der Waals surface area contributed by atoms with E-state index < -0.39 is 11.1 Å². The molecule has 0 amide bonds. The molecule has 0 saturated carbocycles. The van der Waals surface area contributed by atoms with Crippen molar-refractivity contribution in [1.29, 1.82) is 0 Å². The average Bonchev–Trinajstić information content (AvgIpc) is 3.32. The number of rotatable bonds is 6. The number of aromatic amines is 1. The third-order valence-corrected chi connectivity index (χ3v) is 5.43. The minimum Gasteiger partial charge on any atom is -0.412 e. The van der Waals surface area contributed by atoms with E-state index in [2.05, 4.69) is 52.7 Å². The van der Waals surface area contributed by atoms with Crippen molar-refractivity contribution in [3.05, 3.63) is 125 Å². The molecule has 6 nitrogen and oxygen atoms in total. The monoisotopic (exact) mass is 411 g/mol. The lowest BCUT2D eigenvalue weighted by molar-refractivity contribution is 0.450. The second-order valence-electron chi connectivity index (χ2n) is 7.09. The first-order chi connectivity index (χ1) is 14.6. The van der Waals surface area contributed by atoms with E-state index in [1.54, 1.807) is 6.20 Å². The van der Waals surface area contributed by atoms with E-state index in [-0.39, 0.29) is 5.48 Å². The van der Waals surface area contributed by atoms with Crippen molar-refractivity contribution in [1.82, 2.24) is 15.4 Å². The lowest BCUT2D eigenvalue weighted by Gasteiger charge is -2.34. The predicted octanol–water partition coefficient (Wildman–Crippen LogP) is 2.18. The molecule has 31 heavy (non-hydrogen) atoms. The van der Waals surface area contributed by atoms with Gasteiger partial charge in [0.15, 0.2) is 5.66 Å². The molecule has 1 unspecified atom stereocenters. The van der Waals surface area contributed by atoms with Gasteiger partial charge in [0.25, 0.3) is 0 Å². The van der Waals surface area contributed by atoms with Gasteiger partial charge in [0.05, 0.1) is 11.9 Å². The molecule has 4 aromatic rings. The summed E-state index contributed by atoms with van der Waals surface area (Å²) in [6, 6.07) is 30.7. The van der Waals surface area contributed by atoms with Crippen LogP contribution in [-0.2, 0) is 11.1 Å². The predicted molar refractivity (Wildman–Crippen MR) is 123 cm³/mol. The van der Waals surface area contributed by atoms with E-state index in [0.717, 1.165) is 16.7 Å². The van der Waals surface area contributed by atoms with Gasteiger partial charge in [-0.05, 0) is 16.7 Å². The highest BCUT2D eigenvalue weighted by Gasteiger charge is 2.42. The van der Waals surface area contributed by atoms with Crippen molar-refractivity contribution in [3.8, 4) is 12.3 Å². The van der Waals surface area contributed by atoms with Crippen LogP contribution in [0.4, 0.5) is 0 Å². The molecule has 0 bridgehead atoms. The third kappa shape index (κ3) is 3.63. The Morgan fingerprint density at radius 2 is 1.23 bits per heavy atom. The summed E-state index contributed by atoms with van der Waals surface area (Å²) >= 11 is 0. The summed E-state index contributed by atoms with van der Waals surface area (Å²) in [6.45, 7) is 0. The highest BCUT2D eigenvalue weighted by molar-refractivity contribution is 5.56. The molecule has 156 valence electrons. The van der Waals surface area contributed by atoms with E-state index in [1.807, 2.05) is 54.6 Å². The summed E-state index contributed by atoms with van der Waals surface area (Å²) in [5.41, 5.74) is 10.4. The standard InChI is InChI=1S/C25H23N5.H2O/c1-2-24(26,30-27)22-18-28-23(29-22)25(19-12-6-3-7-13-19,20-14-8-4-9-15-20)21-16-10-5-11-17-21;/h1,3-18,30H,26-27H2,(H,28,29);1H2. The van der Waals surface area contributed by atoms with Gasteiger partial charge in [0.2, 0.25) is 0 Å². The zero-order valence-electron chi connectivity index (χ0n) is 16.9. The van der Waals surface area contributed by atoms with Crippen LogP contribution in [0.2, 0.25) is 0 Å². The van der Waals surface area contributed by atoms with Gasteiger partial charge in [-0.1, -0.05) is 96.9 Å². The van der Waals surface area contributed by atoms with Crippen molar-refractivity contribution in [2.75, 3.05) is 0 Å². The van der Waals surface area contributed by atoms with Crippen LogP contribution in [0.5, 0.6) is 0 Å². The van der Waals surface area contributed by atoms with Crippen LogP contribution in [0.25, 0.3) is 0 Å². The number of H-pyrrole nitrogens is 1. The Labute approximate surface area is 181 Å². The number of hydrogen-bond donors (Lipinski definition) is 4. The number of aromatic nitrogens is 2. The van der Waals surface area contributed by atoms with Gasteiger partial charge in [-0.2, -0.15) is 0 Å². The van der Waals surface area contributed by atoms with Gasteiger partial charge in [0.1, 0.15) is 11.2 Å². The van der Waals surface area contributed by atoms with E-state index in [9.17, 15) is 0 Å². The molecule has 6 heteroatoms. The number of hydrogen-bond acceptors (Lipinski definition) is 4. The number of benzene rings is 3. The van der Waals surface area contributed by atoms with E-state index in [4.69, 9.17) is 23.0 Å². The summed E-state index contributed by atoms with van der Waals surface area (Å²) in [5.74, 6) is 8.83. The number of nitrogens with zero attached hydrogens (tertiary/aromatic N) is 1. The molecule has 1 atom stereocenters. The molecule has 3 aromatic carbocycles. The second kappa shape index (κ2) is 8.96. The SMILES string of the molecule is C#CC(N)(NN)c1cnc(C(c2ccccc2)(c2ccccc2)c2ccccc2)[nH]1.O. The fourth-order valence-electron chi connectivity index (χ4n) is 3.88. The van der Waals surface area contributed by atoms with Crippen molar-refractivity contribution in [2.24, 2.45) is 11.6 Å². The first-order valence-corrected chi connectivity index (χ1v) is 9.62. The fraction of sp³-hybridized carbons (Fsp3) is 0.0800. The van der Waals surface area contributed by atoms with Crippen molar-refractivity contribution in [2.45, 2.75) is 11.1 Å². The molecule has 0 spiro atoms. The maximum atomic E-state index is 6.25. The Hall–Kier alpha value is -3.73. The summed E-state index contributed by atoms with van der Waals surface area (Å²) in [5, 5.41) is 0. The number of nitrogens with two attached hydrogens (primary N) is 2. The molecule has 4 rings (SSSR count). The molecule has 0 radical (unpaired) electrons. The maximum Gasteiger partial charge on any atom is 0.185 e. The molecular formula is C25H25N5O. The number of terminal acetylenes is 1. The largest absolute Gasteiger partial charge is 0.412 e. The normalized spacial score (nSPS) is 12.9. The van der Waals surface area contributed by atoms with E-state index in [0.29, 0.717) is 11.5 Å². The van der Waals surface area contributed by atoms with Gasteiger partial charge < -0.3 is 10.5 Å². The molecule has 1 heterocycles. The van der Waals surface area contributed by atoms with Crippen molar-refractivity contribution < 1.29 is 5.48 Å². The van der Waals surface area contributed by atoms with E-state index >= 15 is 0 Å². The average molecular weight is 412 g/mol. The summed E-state index contributed by atoms with van der Waals surface area (Å²) in [4.78, 5) is 8.12. The number of nitrogens with one attached hydrogen (secondary N) is 2. The zero-order valence-corrected chi connectivity index (χ0v) is 16.9. The highest BCUT2D eigenvalue weighted by Crippen LogP contribution is 2.43. The zero-order chi connectivity index (χ0) is 21.0. The summed E-state index contributed by atoms with van der Waals surface area (Å²) in [6.07, 6.45) is 7.27. The van der Waals surface area contributed by atoms with Crippen molar-refractivity contribution >= 4 is 0 Å². The Morgan fingerprint density at radius 1 is 0.806 bits per heavy atom. The van der Waals surface area contributed by atoms with Crippen molar-refractivity contribution in [3.63, 3.8) is 0 Å².